The van der Waals surface area contributed by atoms with Crippen LogP contribution in [0.25, 0.3) is 5.71 Å². The summed E-state index contributed by atoms with van der Waals surface area (Å²) in [6, 6.07) is 6.64. The summed E-state index contributed by atoms with van der Waals surface area (Å²) in [7, 11) is 0. The van der Waals surface area contributed by atoms with E-state index in [0.717, 1.165) is 22.2 Å². The number of aryl methyl sites for hydroxylation is 1. The Hall–Kier alpha value is -4.08. The van der Waals surface area contributed by atoms with Crippen LogP contribution in [0, 0.1) is 18.6 Å². The van der Waals surface area contributed by atoms with Gasteiger partial charge in [0, 0.05) is 25.4 Å². The fourth-order valence-electron chi connectivity index (χ4n) is 3.08. The highest BCUT2D eigenvalue weighted by atomic mass is 19.2. The van der Waals surface area contributed by atoms with Crippen LogP contribution in [0.15, 0.2) is 51.9 Å². The number of benzene rings is 1. The molecular weight excluding hydrogens is 410 g/mol. The number of hydrogen-bond acceptors (Lipinski definition) is 6. The normalized spacial score (nSPS) is 11.1. The van der Waals surface area contributed by atoms with Gasteiger partial charge in [-0.3, -0.25) is 14.6 Å². The van der Waals surface area contributed by atoms with Crippen molar-refractivity contribution in [1.29, 1.82) is 0 Å². The summed E-state index contributed by atoms with van der Waals surface area (Å²) in [5.74, 6) is -3.46. The molecule has 0 saturated heterocycles. The van der Waals surface area contributed by atoms with E-state index in [1.165, 1.54) is 13.0 Å². The fraction of sp³-hybridized carbons (Fsp3) is 0.143. The SMILES string of the molecule is Cc1c(O)c(Cc2ccc(F)c(F)c2)c(=O)n2nc(C(=O)NCc3ccncc3)oc12. The average Bonchev–Trinajstić information content (AvgIpc) is 3.23. The molecule has 0 saturated carbocycles. The molecule has 0 spiro atoms. The second-order valence-electron chi connectivity index (χ2n) is 6.84. The standard InChI is InChI=1S/C21H16F2N4O4/c1-11-17(28)14(8-13-2-3-15(22)16(23)9-13)20(30)27-21(11)31-19(26-27)18(29)25-10-12-4-6-24-7-5-12/h2-7,9,28H,8,10H2,1H3,(H,25,29). The van der Waals surface area contributed by atoms with Crippen LogP contribution in [-0.2, 0) is 13.0 Å². The van der Waals surface area contributed by atoms with Gasteiger partial charge in [0.1, 0.15) is 5.75 Å². The fourth-order valence-corrected chi connectivity index (χ4v) is 3.08. The third-order valence-corrected chi connectivity index (χ3v) is 4.75. The number of fused-ring (bicyclic) bond motifs is 1. The summed E-state index contributed by atoms with van der Waals surface area (Å²) in [6.45, 7) is 1.68. The van der Waals surface area contributed by atoms with Gasteiger partial charge in [-0.05, 0) is 42.3 Å². The van der Waals surface area contributed by atoms with E-state index < -0.39 is 23.1 Å². The van der Waals surface area contributed by atoms with Crippen molar-refractivity contribution in [2.24, 2.45) is 0 Å². The number of carbonyl (C=O) groups excluding carboxylic acids is 1. The van der Waals surface area contributed by atoms with Gasteiger partial charge in [0.2, 0.25) is 5.71 Å². The number of hydrogen-bond donors (Lipinski definition) is 2. The van der Waals surface area contributed by atoms with Crippen LogP contribution in [0.2, 0.25) is 0 Å². The summed E-state index contributed by atoms with van der Waals surface area (Å²) in [4.78, 5) is 29.1. The first kappa shape index (κ1) is 20.2. The molecule has 1 amide bonds. The van der Waals surface area contributed by atoms with Crippen molar-refractivity contribution >= 4 is 11.6 Å². The van der Waals surface area contributed by atoms with Gasteiger partial charge in [0.15, 0.2) is 11.6 Å². The molecule has 0 bridgehead atoms. The van der Waals surface area contributed by atoms with E-state index in [9.17, 15) is 23.5 Å². The minimum Gasteiger partial charge on any atom is -0.507 e. The molecule has 1 aromatic carbocycles. The van der Waals surface area contributed by atoms with Crippen molar-refractivity contribution in [3.05, 3.63) is 92.9 Å². The number of aromatic hydroxyl groups is 1. The van der Waals surface area contributed by atoms with E-state index in [4.69, 9.17) is 4.42 Å². The first-order chi connectivity index (χ1) is 14.8. The molecule has 0 aliphatic heterocycles. The van der Waals surface area contributed by atoms with E-state index >= 15 is 0 Å². The van der Waals surface area contributed by atoms with Gasteiger partial charge >= 0.3 is 11.8 Å². The summed E-state index contributed by atoms with van der Waals surface area (Å²) < 4.78 is 32.9. The minimum absolute atomic E-state index is 0.0851. The number of halogens is 2. The average molecular weight is 426 g/mol. The van der Waals surface area contributed by atoms with Crippen molar-refractivity contribution in [3.8, 4) is 5.75 Å². The maximum atomic E-state index is 13.5. The highest BCUT2D eigenvalue weighted by molar-refractivity contribution is 5.89. The molecule has 158 valence electrons. The molecule has 10 heteroatoms. The van der Waals surface area contributed by atoms with E-state index in [1.807, 2.05) is 0 Å². The Morgan fingerprint density at radius 1 is 1.16 bits per heavy atom. The minimum atomic E-state index is -1.07. The zero-order valence-electron chi connectivity index (χ0n) is 16.2. The van der Waals surface area contributed by atoms with Crippen molar-refractivity contribution in [2.75, 3.05) is 0 Å². The molecule has 0 aliphatic rings. The van der Waals surface area contributed by atoms with Crippen LogP contribution >= 0.6 is 0 Å². The summed E-state index contributed by atoms with van der Waals surface area (Å²) in [6.07, 6.45) is 3.00. The first-order valence-corrected chi connectivity index (χ1v) is 9.20. The topological polar surface area (TPSA) is 110 Å². The summed E-state index contributed by atoms with van der Waals surface area (Å²) >= 11 is 0. The van der Waals surface area contributed by atoms with Gasteiger partial charge < -0.3 is 14.8 Å². The van der Waals surface area contributed by atoms with E-state index in [2.05, 4.69) is 15.4 Å². The second-order valence-corrected chi connectivity index (χ2v) is 6.84. The van der Waals surface area contributed by atoms with Crippen LogP contribution in [-0.4, -0.2) is 25.6 Å². The van der Waals surface area contributed by atoms with Gasteiger partial charge in [0.25, 0.3) is 5.56 Å². The Balaban J connectivity index is 1.66. The quantitative estimate of drug-likeness (QED) is 0.508. The Labute approximate surface area is 173 Å². The van der Waals surface area contributed by atoms with Gasteiger partial charge in [-0.25, -0.2) is 8.78 Å². The Morgan fingerprint density at radius 3 is 2.61 bits per heavy atom. The summed E-state index contributed by atoms with van der Waals surface area (Å²) in [5, 5.41) is 17.0. The lowest BCUT2D eigenvalue weighted by atomic mass is 10.0. The number of nitrogens with zero attached hydrogens (tertiary/aromatic N) is 3. The van der Waals surface area contributed by atoms with Crippen molar-refractivity contribution in [3.63, 3.8) is 0 Å². The van der Waals surface area contributed by atoms with E-state index in [0.29, 0.717) is 0 Å². The zero-order valence-corrected chi connectivity index (χ0v) is 16.2. The van der Waals surface area contributed by atoms with Crippen molar-refractivity contribution < 1.29 is 23.1 Å². The molecule has 4 rings (SSSR count). The predicted octanol–water partition coefficient (Wildman–Crippen LogP) is 2.50. The largest absolute Gasteiger partial charge is 0.507 e. The van der Waals surface area contributed by atoms with Crippen LogP contribution in [0.4, 0.5) is 8.78 Å². The Bertz CT molecular complexity index is 1350. The van der Waals surface area contributed by atoms with Gasteiger partial charge in [0.05, 0.1) is 11.1 Å². The maximum Gasteiger partial charge on any atom is 0.309 e. The Kier molecular flexibility index (Phi) is 5.20. The highest BCUT2D eigenvalue weighted by Gasteiger charge is 2.22. The molecule has 0 fully saturated rings. The lowest BCUT2D eigenvalue weighted by molar-refractivity contribution is 0.0918. The zero-order chi connectivity index (χ0) is 22.1. The third-order valence-electron chi connectivity index (χ3n) is 4.75. The van der Waals surface area contributed by atoms with Gasteiger partial charge in [-0.15, -0.1) is 5.10 Å². The molecule has 4 aromatic rings. The Morgan fingerprint density at radius 2 is 1.90 bits per heavy atom. The number of amides is 1. The van der Waals surface area contributed by atoms with E-state index in [-0.39, 0.29) is 47.0 Å². The molecule has 31 heavy (non-hydrogen) atoms. The van der Waals surface area contributed by atoms with Crippen LogP contribution in [0.1, 0.15) is 32.9 Å². The molecule has 3 aromatic heterocycles. The molecule has 0 radical (unpaired) electrons. The highest BCUT2D eigenvalue weighted by Crippen LogP contribution is 2.26. The van der Waals surface area contributed by atoms with Gasteiger partial charge in [-0.2, -0.15) is 4.52 Å². The number of carbonyl (C=O) groups is 1. The first-order valence-electron chi connectivity index (χ1n) is 9.20. The molecule has 2 N–H and O–H groups in total. The van der Waals surface area contributed by atoms with Gasteiger partial charge in [-0.1, -0.05) is 6.07 Å². The second kappa shape index (κ2) is 7.98. The number of nitrogens with one attached hydrogen (secondary N) is 1. The number of aromatic nitrogens is 3. The van der Waals surface area contributed by atoms with Crippen LogP contribution in [0.3, 0.4) is 0 Å². The third kappa shape index (κ3) is 3.87. The predicted molar refractivity (Wildman–Crippen MR) is 105 cm³/mol. The molecule has 0 unspecified atom stereocenters. The van der Waals surface area contributed by atoms with Crippen LogP contribution < -0.4 is 10.9 Å². The lowest BCUT2D eigenvalue weighted by Crippen LogP contribution is -2.24. The molecule has 0 aliphatic carbocycles. The molecule has 0 atom stereocenters. The van der Waals surface area contributed by atoms with Crippen molar-refractivity contribution in [1.82, 2.24) is 19.9 Å². The maximum absolute atomic E-state index is 13.5. The number of pyridine rings is 2. The lowest BCUT2D eigenvalue weighted by Gasteiger charge is -2.07. The monoisotopic (exact) mass is 426 g/mol. The van der Waals surface area contributed by atoms with E-state index in [1.54, 1.807) is 24.5 Å². The van der Waals surface area contributed by atoms with Crippen molar-refractivity contribution in [2.45, 2.75) is 19.9 Å². The van der Waals surface area contributed by atoms with Crippen LogP contribution in [0.5, 0.6) is 5.75 Å². The molecule has 8 nitrogen and oxygen atoms in total. The molecule has 3 heterocycles. The smallest absolute Gasteiger partial charge is 0.309 e. The molecular formula is C21H16F2N4O4. The number of rotatable bonds is 5. The summed E-state index contributed by atoms with van der Waals surface area (Å²) in [5.41, 5.74) is 0.352.